The van der Waals surface area contributed by atoms with Crippen LogP contribution >= 0.6 is 0 Å². The Balaban J connectivity index is 1.98. The highest BCUT2D eigenvalue weighted by atomic mass is 16.5. The maximum atomic E-state index is 5.93. The molecule has 2 aliphatic heterocycles. The lowest BCUT2D eigenvalue weighted by Crippen LogP contribution is -2.26. The van der Waals surface area contributed by atoms with Gasteiger partial charge in [0.2, 0.25) is 0 Å². The monoisotopic (exact) mass is 275 g/mol. The van der Waals surface area contributed by atoms with Gasteiger partial charge < -0.3 is 14.8 Å². The van der Waals surface area contributed by atoms with Crippen molar-refractivity contribution in [1.82, 2.24) is 5.32 Å². The van der Waals surface area contributed by atoms with Gasteiger partial charge in [0.15, 0.2) is 0 Å². The van der Waals surface area contributed by atoms with Crippen LogP contribution in [0.4, 0.5) is 0 Å². The third-order valence-electron chi connectivity index (χ3n) is 4.49. The number of benzene rings is 1. The van der Waals surface area contributed by atoms with Crippen LogP contribution in [0.1, 0.15) is 51.2 Å². The molecular formula is C17H25NO2. The zero-order chi connectivity index (χ0) is 14.3. The first-order chi connectivity index (χ1) is 9.58. The van der Waals surface area contributed by atoms with E-state index < -0.39 is 0 Å². The Morgan fingerprint density at radius 3 is 2.75 bits per heavy atom. The topological polar surface area (TPSA) is 30.5 Å². The van der Waals surface area contributed by atoms with Crippen LogP contribution in [0.2, 0.25) is 0 Å². The van der Waals surface area contributed by atoms with Gasteiger partial charge in [-0.25, -0.2) is 0 Å². The van der Waals surface area contributed by atoms with Gasteiger partial charge in [-0.3, -0.25) is 0 Å². The van der Waals surface area contributed by atoms with Crippen molar-refractivity contribution in [2.45, 2.75) is 64.6 Å². The molecule has 1 fully saturated rings. The Morgan fingerprint density at radius 1 is 1.30 bits per heavy atom. The normalized spacial score (nSPS) is 32.0. The van der Waals surface area contributed by atoms with E-state index in [-0.39, 0.29) is 6.10 Å². The average Bonchev–Trinajstić information content (AvgIpc) is 2.89. The van der Waals surface area contributed by atoms with E-state index in [1.165, 1.54) is 11.1 Å². The molecule has 1 N–H and O–H groups in total. The molecular weight excluding hydrogens is 250 g/mol. The van der Waals surface area contributed by atoms with Crippen LogP contribution in [0, 0.1) is 0 Å². The molecule has 1 aromatic carbocycles. The van der Waals surface area contributed by atoms with E-state index in [1.54, 1.807) is 0 Å². The van der Waals surface area contributed by atoms with Gasteiger partial charge in [0.05, 0.1) is 6.61 Å². The summed E-state index contributed by atoms with van der Waals surface area (Å²) in [4.78, 5) is 0. The highest BCUT2D eigenvalue weighted by Gasteiger charge is 2.33. The van der Waals surface area contributed by atoms with Gasteiger partial charge >= 0.3 is 0 Å². The molecule has 0 saturated carbocycles. The average molecular weight is 275 g/mol. The van der Waals surface area contributed by atoms with Gasteiger partial charge in [0, 0.05) is 35.5 Å². The van der Waals surface area contributed by atoms with E-state index in [9.17, 15) is 0 Å². The fraction of sp³-hybridized carbons (Fsp3) is 0.647. The number of ether oxygens (including phenoxy) is 2. The molecule has 2 aliphatic rings. The number of hydrogen-bond acceptors (Lipinski definition) is 3. The summed E-state index contributed by atoms with van der Waals surface area (Å²) >= 11 is 0. The molecule has 3 heteroatoms. The third kappa shape index (κ3) is 2.39. The van der Waals surface area contributed by atoms with Crippen LogP contribution in [0.5, 0.6) is 11.5 Å². The van der Waals surface area contributed by atoms with E-state index >= 15 is 0 Å². The minimum absolute atomic E-state index is 0.285. The molecule has 0 aromatic heterocycles. The van der Waals surface area contributed by atoms with Crippen LogP contribution in [0.15, 0.2) is 12.1 Å². The van der Waals surface area contributed by atoms with Crippen LogP contribution in [0.25, 0.3) is 0 Å². The van der Waals surface area contributed by atoms with Crippen LogP contribution < -0.4 is 14.8 Å². The number of rotatable bonds is 3. The number of nitrogens with one attached hydrogen (secondary N) is 1. The summed E-state index contributed by atoms with van der Waals surface area (Å²) < 4.78 is 11.8. The standard InChI is InChI=1S/C17H25NO2/c1-5-19-17-8-13-7-11(3)20-16(13)9-15(17)14-6-10(2)18-12(14)4/h8-12,14,18H,5-7H2,1-4H3. The minimum Gasteiger partial charge on any atom is -0.494 e. The lowest BCUT2D eigenvalue weighted by atomic mass is 9.89. The summed E-state index contributed by atoms with van der Waals surface area (Å²) in [5.41, 5.74) is 2.60. The summed E-state index contributed by atoms with van der Waals surface area (Å²) in [6, 6.07) is 5.48. The smallest absolute Gasteiger partial charge is 0.123 e. The largest absolute Gasteiger partial charge is 0.494 e. The molecule has 1 aromatic rings. The molecule has 0 spiro atoms. The van der Waals surface area contributed by atoms with Crippen molar-refractivity contribution < 1.29 is 9.47 Å². The molecule has 4 unspecified atom stereocenters. The summed E-state index contributed by atoms with van der Waals surface area (Å²) in [5, 5.41) is 3.61. The highest BCUT2D eigenvalue weighted by Crippen LogP contribution is 2.42. The molecule has 20 heavy (non-hydrogen) atoms. The zero-order valence-electron chi connectivity index (χ0n) is 12.9. The van der Waals surface area contributed by atoms with Crippen molar-refractivity contribution >= 4 is 0 Å². The SMILES string of the molecule is CCOc1cc2c(cc1C1CC(C)NC1C)OC(C)C2. The first-order valence-corrected chi connectivity index (χ1v) is 7.80. The van der Waals surface area contributed by atoms with E-state index in [0.717, 1.165) is 24.3 Å². The molecule has 110 valence electrons. The molecule has 1 saturated heterocycles. The maximum Gasteiger partial charge on any atom is 0.123 e. The fourth-order valence-electron chi connectivity index (χ4n) is 3.64. The Morgan fingerprint density at radius 2 is 2.10 bits per heavy atom. The number of hydrogen-bond donors (Lipinski definition) is 1. The molecule has 0 bridgehead atoms. The van der Waals surface area contributed by atoms with Crippen molar-refractivity contribution in [3.05, 3.63) is 23.3 Å². The first-order valence-electron chi connectivity index (χ1n) is 7.80. The van der Waals surface area contributed by atoms with E-state index in [2.05, 4.69) is 45.1 Å². The van der Waals surface area contributed by atoms with E-state index in [1.807, 2.05) is 0 Å². The quantitative estimate of drug-likeness (QED) is 0.918. The summed E-state index contributed by atoms with van der Waals surface area (Å²) in [6.45, 7) is 9.41. The summed E-state index contributed by atoms with van der Waals surface area (Å²) in [6.07, 6.45) is 2.44. The van der Waals surface area contributed by atoms with Gasteiger partial charge in [0.25, 0.3) is 0 Å². The van der Waals surface area contributed by atoms with Crippen molar-refractivity contribution in [3.8, 4) is 11.5 Å². The highest BCUT2D eigenvalue weighted by molar-refractivity contribution is 5.50. The predicted molar refractivity (Wildman–Crippen MR) is 80.8 cm³/mol. The number of fused-ring (bicyclic) bond motifs is 1. The Bertz CT molecular complexity index is 500. The second kappa shape index (κ2) is 5.28. The van der Waals surface area contributed by atoms with Gasteiger partial charge in [-0.2, -0.15) is 0 Å². The Hall–Kier alpha value is -1.22. The zero-order valence-corrected chi connectivity index (χ0v) is 12.9. The van der Waals surface area contributed by atoms with Crippen molar-refractivity contribution in [3.63, 3.8) is 0 Å². The summed E-state index contributed by atoms with van der Waals surface area (Å²) in [5.74, 6) is 2.62. The molecule has 3 nitrogen and oxygen atoms in total. The van der Waals surface area contributed by atoms with E-state index in [4.69, 9.17) is 9.47 Å². The predicted octanol–water partition coefficient (Wildman–Crippen LogP) is 3.26. The Kier molecular flexibility index (Phi) is 3.63. The van der Waals surface area contributed by atoms with Gasteiger partial charge in [-0.15, -0.1) is 0 Å². The van der Waals surface area contributed by atoms with Gasteiger partial charge in [-0.05, 0) is 46.2 Å². The first kappa shape index (κ1) is 13.7. The summed E-state index contributed by atoms with van der Waals surface area (Å²) in [7, 11) is 0. The third-order valence-corrected chi connectivity index (χ3v) is 4.49. The lowest BCUT2D eigenvalue weighted by molar-refractivity contribution is 0.254. The van der Waals surface area contributed by atoms with Crippen molar-refractivity contribution in [2.24, 2.45) is 0 Å². The molecule has 3 rings (SSSR count). The fourth-order valence-corrected chi connectivity index (χ4v) is 3.64. The minimum atomic E-state index is 0.285. The van der Waals surface area contributed by atoms with Gasteiger partial charge in [-0.1, -0.05) is 0 Å². The second-order valence-electron chi connectivity index (χ2n) is 6.26. The molecule has 0 aliphatic carbocycles. The van der Waals surface area contributed by atoms with Crippen LogP contribution in [-0.2, 0) is 6.42 Å². The van der Waals surface area contributed by atoms with Crippen LogP contribution in [-0.4, -0.2) is 24.8 Å². The van der Waals surface area contributed by atoms with Crippen molar-refractivity contribution in [1.29, 1.82) is 0 Å². The molecule has 4 atom stereocenters. The van der Waals surface area contributed by atoms with Gasteiger partial charge in [0.1, 0.15) is 17.6 Å². The maximum absolute atomic E-state index is 5.93. The molecule has 0 radical (unpaired) electrons. The molecule has 0 amide bonds. The van der Waals surface area contributed by atoms with E-state index in [0.29, 0.717) is 24.6 Å². The second-order valence-corrected chi connectivity index (χ2v) is 6.26. The van der Waals surface area contributed by atoms with Crippen LogP contribution in [0.3, 0.4) is 0 Å². The molecule has 2 heterocycles. The lowest BCUT2D eigenvalue weighted by Gasteiger charge is -2.20. The Labute approximate surface area is 121 Å². The van der Waals surface area contributed by atoms with Crippen molar-refractivity contribution in [2.75, 3.05) is 6.61 Å².